The van der Waals surface area contributed by atoms with Gasteiger partial charge in [-0.25, -0.2) is 0 Å². The van der Waals surface area contributed by atoms with Crippen molar-refractivity contribution in [2.75, 3.05) is 0 Å². The summed E-state index contributed by atoms with van der Waals surface area (Å²) < 4.78 is 6.42. The van der Waals surface area contributed by atoms with E-state index in [1.165, 1.54) is 0 Å². The van der Waals surface area contributed by atoms with Gasteiger partial charge in [-0.3, -0.25) is 4.79 Å². The van der Waals surface area contributed by atoms with Crippen LogP contribution in [0, 0.1) is 5.92 Å². The summed E-state index contributed by atoms with van der Waals surface area (Å²) in [7, 11) is 0. The lowest BCUT2D eigenvalue weighted by Crippen LogP contribution is -2.37. The van der Waals surface area contributed by atoms with Crippen molar-refractivity contribution in [3.8, 4) is 5.75 Å². The van der Waals surface area contributed by atoms with Crippen molar-refractivity contribution in [2.45, 2.75) is 20.0 Å². The van der Waals surface area contributed by atoms with E-state index in [2.05, 4.69) is 15.9 Å². The summed E-state index contributed by atoms with van der Waals surface area (Å²) in [5, 5.41) is 0. The first-order chi connectivity index (χ1) is 7.00. The summed E-state index contributed by atoms with van der Waals surface area (Å²) in [5.41, 5.74) is 5.25. The highest BCUT2D eigenvalue weighted by atomic mass is 79.9. The number of nitrogens with two attached hydrogens (primary N) is 1. The lowest BCUT2D eigenvalue weighted by Gasteiger charge is -2.19. The monoisotopic (exact) mass is 271 g/mol. The zero-order chi connectivity index (χ0) is 11.4. The van der Waals surface area contributed by atoms with E-state index >= 15 is 0 Å². The molecular weight excluding hydrogens is 258 g/mol. The fourth-order valence-corrected chi connectivity index (χ4v) is 1.59. The van der Waals surface area contributed by atoms with E-state index in [1.54, 1.807) is 12.1 Å². The van der Waals surface area contributed by atoms with E-state index in [9.17, 15) is 4.79 Å². The molecule has 2 N–H and O–H groups in total. The molecule has 0 fully saturated rings. The maximum Gasteiger partial charge on any atom is 0.258 e. The quantitative estimate of drug-likeness (QED) is 0.914. The van der Waals surface area contributed by atoms with Crippen molar-refractivity contribution in [3.05, 3.63) is 28.7 Å². The number of halogens is 1. The predicted octanol–water partition coefficient (Wildman–Crippen LogP) is 2.34. The Hall–Kier alpha value is -1.03. The third-order valence-electron chi connectivity index (χ3n) is 1.95. The Labute approximate surface area is 97.7 Å². The molecule has 1 aromatic carbocycles. The molecule has 0 radical (unpaired) electrons. The standard InChI is InChI=1S/C11H14BrNO2/c1-7(2)10(11(13)14)15-9-5-3-4-8(12)6-9/h3-7,10H,1-2H3,(H2,13,14). The van der Waals surface area contributed by atoms with Crippen LogP contribution < -0.4 is 10.5 Å². The molecule has 1 aromatic rings. The van der Waals surface area contributed by atoms with Gasteiger partial charge in [-0.2, -0.15) is 0 Å². The molecule has 0 aromatic heterocycles. The first-order valence-corrected chi connectivity index (χ1v) is 5.51. The predicted molar refractivity (Wildman–Crippen MR) is 62.6 cm³/mol. The van der Waals surface area contributed by atoms with Crippen LogP contribution in [0.1, 0.15) is 13.8 Å². The summed E-state index contributed by atoms with van der Waals surface area (Å²) in [5.74, 6) is 0.258. The van der Waals surface area contributed by atoms with Crippen LogP contribution in [0.25, 0.3) is 0 Å². The summed E-state index contributed by atoms with van der Waals surface area (Å²) in [6.07, 6.45) is -0.584. The van der Waals surface area contributed by atoms with Gasteiger partial charge >= 0.3 is 0 Å². The Balaban J connectivity index is 2.79. The van der Waals surface area contributed by atoms with Gasteiger partial charge in [0.25, 0.3) is 5.91 Å². The van der Waals surface area contributed by atoms with Crippen molar-refractivity contribution in [3.63, 3.8) is 0 Å². The first-order valence-electron chi connectivity index (χ1n) is 4.72. The van der Waals surface area contributed by atoms with Crippen molar-refractivity contribution in [2.24, 2.45) is 11.7 Å². The minimum absolute atomic E-state index is 0.0569. The third kappa shape index (κ3) is 3.55. The summed E-state index contributed by atoms with van der Waals surface area (Å²) >= 11 is 3.33. The van der Waals surface area contributed by atoms with E-state index in [4.69, 9.17) is 10.5 Å². The molecule has 0 saturated carbocycles. The van der Waals surface area contributed by atoms with Crippen LogP contribution in [-0.4, -0.2) is 12.0 Å². The van der Waals surface area contributed by atoms with Gasteiger partial charge in [0.1, 0.15) is 5.75 Å². The lowest BCUT2D eigenvalue weighted by molar-refractivity contribution is -0.126. The van der Waals surface area contributed by atoms with Crippen molar-refractivity contribution in [1.29, 1.82) is 0 Å². The molecule has 1 amide bonds. The summed E-state index contributed by atoms with van der Waals surface area (Å²) in [6.45, 7) is 3.79. The highest BCUT2D eigenvalue weighted by Crippen LogP contribution is 2.20. The van der Waals surface area contributed by atoms with Crippen LogP contribution in [0.5, 0.6) is 5.75 Å². The van der Waals surface area contributed by atoms with Crippen LogP contribution >= 0.6 is 15.9 Å². The van der Waals surface area contributed by atoms with Crippen LogP contribution in [0.2, 0.25) is 0 Å². The molecule has 82 valence electrons. The Kier molecular flexibility index (Phi) is 4.15. The lowest BCUT2D eigenvalue weighted by atomic mass is 10.1. The zero-order valence-electron chi connectivity index (χ0n) is 8.74. The van der Waals surface area contributed by atoms with Crippen molar-refractivity contribution < 1.29 is 9.53 Å². The number of hydrogen-bond donors (Lipinski definition) is 1. The maximum absolute atomic E-state index is 11.1. The average Bonchev–Trinajstić information content (AvgIpc) is 2.13. The minimum Gasteiger partial charge on any atom is -0.480 e. The number of rotatable bonds is 4. The number of carbonyl (C=O) groups is 1. The number of primary amides is 1. The van der Waals surface area contributed by atoms with E-state index in [0.29, 0.717) is 5.75 Å². The van der Waals surface area contributed by atoms with Crippen molar-refractivity contribution >= 4 is 21.8 Å². The fraction of sp³-hybridized carbons (Fsp3) is 0.364. The molecule has 0 saturated heterocycles. The Morgan fingerprint density at radius 1 is 1.47 bits per heavy atom. The smallest absolute Gasteiger partial charge is 0.258 e. The maximum atomic E-state index is 11.1. The highest BCUT2D eigenvalue weighted by molar-refractivity contribution is 9.10. The first kappa shape index (κ1) is 12.0. The molecule has 0 bridgehead atoms. The van der Waals surface area contributed by atoms with Gasteiger partial charge in [-0.15, -0.1) is 0 Å². The van der Waals surface area contributed by atoms with Gasteiger partial charge in [0.2, 0.25) is 0 Å². The molecule has 4 heteroatoms. The molecule has 0 aliphatic rings. The second-order valence-electron chi connectivity index (χ2n) is 3.64. The molecule has 0 spiro atoms. The second-order valence-corrected chi connectivity index (χ2v) is 4.56. The fourth-order valence-electron chi connectivity index (χ4n) is 1.21. The van der Waals surface area contributed by atoms with E-state index < -0.39 is 12.0 Å². The van der Waals surface area contributed by atoms with Gasteiger partial charge in [0.05, 0.1) is 0 Å². The Morgan fingerprint density at radius 2 is 2.13 bits per heavy atom. The van der Waals surface area contributed by atoms with Gasteiger partial charge in [-0.05, 0) is 24.1 Å². The molecule has 1 rings (SSSR count). The van der Waals surface area contributed by atoms with Gasteiger partial charge in [0.15, 0.2) is 6.10 Å². The van der Waals surface area contributed by atoms with Gasteiger partial charge in [-0.1, -0.05) is 35.8 Å². The molecule has 1 atom stereocenters. The molecule has 0 aliphatic carbocycles. The number of amides is 1. The van der Waals surface area contributed by atoms with Crippen LogP contribution in [-0.2, 0) is 4.79 Å². The van der Waals surface area contributed by atoms with E-state index in [-0.39, 0.29) is 5.92 Å². The average molecular weight is 272 g/mol. The zero-order valence-corrected chi connectivity index (χ0v) is 10.3. The largest absolute Gasteiger partial charge is 0.480 e. The van der Waals surface area contributed by atoms with Crippen LogP contribution in [0.4, 0.5) is 0 Å². The van der Waals surface area contributed by atoms with E-state index in [0.717, 1.165) is 4.47 Å². The topological polar surface area (TPSA) is 52.3 Å². The highest BCUT2D eigenvalue weighted by Gasteiger charge is 2.21. The normalized spacial score (nSPS) is 12.5. The molecule has 0 heterocycles. The molecule has 0 aliphatic heterocycles. The van der Waals surface area contributed by atoms with E-state index in [1.807, 2.05) is 26.0 Å². The van der Waals surface area contributed by atoms with Crippen molar-refractivity contribution in [1.82, 2.24) is 0 Å². The molecule has 3 nitrogen and oxygen atoms in total. The summed E-state index contributed by atoms with van der Waals surface area (Å²) in [4.78, 5) is 11.1. The Morgan fingerprint density at radius 3 is 2.60 bits per heavy atom. The van der Waals surface area contributed by atoms with Gasteiger partial charge in [0, 0.05) is 4.47 Å². The number of ether oxygens (including phenoxy) is 1. The number of benzene rings is 1. The minimum atomic E-state index is -0.584. The third-order valence-corrected chi connectivity index (χ3v) is 2.44. The second kappa shape index (κ2) is 5.16. The Bertz CT molecular complexity index is 352. The molecule has 1 unspecified atom stereocenters. The SMILES string of the molecule is CC(C)C(Oc1cccc(Br)c1)C(N)=O. The number of hydrogen-bond acceptors (Lipinski definition) is 2. The molecule has 15 heavy (non-hydrogen) atoms. The number of carbonyl (C=O) groups excluding carboxylic acids is 1. The van der Waals surface area contributed by atoms with Crippen LogP contribution in [0.3, 0.4) is 0 Å². The van der Waals surface area contributed by atoms with Crippen LogP contribution in [0.15, 0.2) is 28.7 Å². The summed E-state index contributed by atoms with van der Waals surface area (Å²) in [6, 6.07) is 7.33. The van der Waals surface area contributed by atoms with Gasteiger partial charge < -0.3 is 10.5 Å². The molecular formula is C11H14BrNO2.